The molecule has 0 fully saturated rings. The lowest BCUT2D eigenvalue weighted by Crippen LogP contribution is -2.04. The van der Waals surface area contributed by atoms with Gasteiger partial charge in [0.15, 0.2) is 0 Å². The van der Waals surface area contributed by atoms with Gasteiger partial charge in [0, 0.05) is 0 Å². The standard InChI is InChI=1S/C32H65O/c1-3-5-7-9-11-13-15-17-19-21-23-25-27-29-31-32(33)30-28-26-24-22-20-18-16-14-12-10-8-6-4-2/h32H,3-31H2,1-2H3. The molecule has 0 aromatic carbocycles. The molecule has 1 unspecified atom stereocenters. The van der Waals surface area contributed by atoms with E-state index in [1.807, 2.05) is 0 Å². The third-order valence-corrected chi connectivity index (χ3v) is 7.51. The van der Waals surface area contributed by atoms with Crippen LogP contribution in [0.5, 0.6) is 0 Å². The van der Waals surface area contributed by atoms with Gasteiger partial charge in [-0.05, 0) is 12.8 Å². The number of hydrogen-bond donors (Lipinski definition) is 0. The highest BCUT2D eigenvalue weighted by molar-refractivity contribution is 4.58. The summed E-state index contributed by atoms with van der Waals surface area (Å²) in [5.74, 6) is 0. The molecule has 0 aliphatic rings. The predicted molar refractivity (Wildman–Crippen MR) is 150 cm³/mol. The summed E-state index contributed by atoms with van der Waals surface area (Å²) in [4.78, 5) is 0. The van der Waals surface area contributed by atoms with Gasteiger partial charge in [-0.15, -0.1) is 0 Å². The molecule has 0 spiro atoms. The van der Waals surface area contributed by atoms with Crippen LogP contribution in [0.1, 0.15) is 200 Å². The average Bonchev–Trinajstić information content (AvgIpc) is 2.82. The van der Waals surface area contributed by atoms with E-state index >= 15 is 0 Å². The monoisotopic (exact) mass is 466 g/mol. The normalized spacial score (nSPS) is 12.5. The lowest BCUT2D eigenvalue weighted by molar-refractivity contribution is 0.0688. The summed E-state index contributed by atoms with van der Waals surface area (Å²) in [6.45, 7) is 4.58. The molecule has 0 aromatic heterocycles. The Morgan fingerprint density at radius 1 is 0.303 bits per heavy atom. The maximum Gasteiger partial charge on any atom is 0.0930 e. The zero-order valence-corrected chi connectivity index (χ0v) is 23.5. The zero-order valence-electron chi connectivity index (χ0n) is 23.5. The minimum absolute atomic E-state index is 0.282. The molecule has 0 aliphatic carbocycles. The van der Waals surface area contributed by atoms with Crippen molar-refractivity contribution in [1.29, 1.82) is 0 Å². The van der Waals surface area contributed by atoms with E-state index in [4.69, 9.17) is 0 Å². The summed E-state index contributed by atoms with van der Waals surface area (Å²) in [7, 11) is 0. The second-order valence-corrected chi connectivity index (χ2v) is 11.0. The molecule has 1 nitrogen and oxygen atoms in total. The molecule has 199 valence electrons. The van der Waals surface area contributed by atoms with Gasteiger partial charge in [0.05, 0.1) is 6.10 Å². The molecule has 0 saturated carbocycles. The van der Waals surface area contributed by atoms with Crippen LogP contribution in [0.4, 0.5) is 0 Å². The van der Waals surface area contributed by atoms with Crippen LogP contribution in [0.25, 0.3) is 0 Å². The Hall–Kier alpha value is -0.0400. The van der Waals surface area contributed by atoms with Crippen LogP contribution in [0.3, 0.4) is 0 Å². The summed E-state index contributed by atoms with van der Waals surface area (Å²) >= 11 is 0. The largest absolute Gasteiger partial charge is 0.233 e. The third-order valence-electron chi connectivity index (χ3n) is 7.51. The number of hydrogen-bond acceptors (Lipinski definition) is 0. The maximum absolute atomic E-state index is 12.1. The van der Waals surface area contributed by atoms with E-state index in [2.05, 4.69) is 13.8 Å². The van der Waals surface area contributed by atoms with Crippen molar-refractivity contribution in [2.75, 3.05) is 0 Å². The molecule has 0 saturated heterocycles. The fraction of sp³-hybridized carbons (Fsp3) is 1.00. The molecule has 1 heteroatoms. The van der Waals surface area contributed by atoms with Gasteiger partial charge in [-0.1, -0.05) is 187 Å². The van der Waals surface area contributed by atoms with Crippen LogP contribution in [0, 0.1) is 0 Å². The van der Waals surface area contributed by atoms with Gasteiger partial charge in [-0.2, -0.15) is 0 Å². The minimum atomic E-state index is -0.282. The Morgan fingerprint density at radius 3 is 0.697 bits per heavy atom. The Bertz CT molecular complexity index is 326. The van der Waals surface area contributed by atoms with Crippen molar-refractivity contribution in [3.05, 3.63) is 0 Å². The van der Waals surface area contributed by atoms with Crippen LogP contribution in [-0.2, 0) is 5.11 Å². The predicted octanol–water partition coefficient (Wildman–Crippen LogP) is 12.1. The lowest BCUT2D eigenvalue weighted by atomic mass is 10.0. The van der Waals surface area contributed by atoms with Gasteiger partial charge in [0.25, 0.3) is 0 Å². The Kier molecular flexibility index (Phi) is 30.0. The van der Waals surface area contributed by atoms with Crippen LogP contribution in [-0.4, -0.2) is 6.10 Å². The van der Waals surface area contributed by atoms with Gasteiger partial charge < -0.3 is 0 Å². The highest BCUT2D eigenvalue weighted by Crippen LogP contribution is 2.17. The van der Waals surface area contributed by atoms with E-state index in [0.29, 0.717) is 0 Å². The van der Waals surface area contributed by atoms with Gasteiger partial charge in [0.2, 0.25) is 0 Å². The first kappa shape index (κ1) is 33.0. The Balaban J connectivity index is 3.13. The average molecular weight is 466 g/mol. The van der Waals surface area contributed by atoms with Crippen molar-refractivity contribution in [1.82, 2.24) is 0 Å². The SMILES string of the molecule is CCCCCCCCCCCCCCCCC([O])CCCCCCCCCCCCCCC. The molecule has 1 radical (unpaired) electrons. The molecule has 33 heavy (non-hydrogen) atoms. The van der Waals surface area contributed by atoms with Crippen LogP contribution in [0.2, 0.25) is 0 Å². The molecule has 0 bridgehead atoms. The first-order valence-corrected chi connectivity index (χ1v) is 16.0. The van der Waals surface area contributed by atoms with Crippen LogP contribution < -0.4 is 0 Å². The van der Waals surface area contributed by atoms with Crippen LogP contribution >= 0.6 is 0 Å². The van der Waals surface area contributed by atoms with Gasteiger partial charge in [-0.3, -0.25) is 0 Å². The second-order valence-electron chi connectivity index (χ2n) is 11.0. The summed E-state index contributed by atoms with van der Waals surface area (Å²) in [6, 6.07) is 0. The number of rotatable bonds is 29. The molecular weight excluding hydrogens is 400 g/mol. The molecule has 0 N–H and O–H groups in total. The van der Waals surface area contributed by atoms with Crippen molar-refractivity contribution in [2.45, 2.75) is 206 Å². The number of unbranched alkanes of at least 4 members (excludes halogenated alkanes) is 25. The van der Waals surface area contributed by atoms with Crippen LogP contribution in [0.15, 0.2) is 0 Å². The zero-order chi connectivity index (χ0) is 24.1. The molecule has 0 amide bonds. The summed E-state index contributed by atoms with van der Waals surface area (Å²) in [5, 5.41) is 12.1. The van der Waals surface area contributed by atoms with Crippen molar-refractivity contribution in [3.63, 3.8) is 0 Å². The highest BCUT2D eigenvalue weighted by Gasteiger charge is 2.05. The van der Waals surface area contributed by atoms with Crippen molar-refractivity contribution in [2.24, 2.45) is 0 Å². The molecule has 0 heterocycles. The molecule has 0 aliphatic heterocycles. The Labute approximate surface area is 211 Å². The minimum Gasteiger partial charge on any atom is -0.233 e. The van der Waals surface area contributed by atoms with E-state index in [0.717, 1.165) is 12.8 Å². The molecule has 0 aromatic rings. The first-order chi connectivity index (χ1) is 16.3. The molecule has 1 atom stereocenters. The van der Waals surface area contributed by atoms with Crippen molar-refractivity contribution in [3.8, 4) is 0 Å². The molecular formula is C32H65O. The van der Waals surface area contributed by atoms with E-state index in [1.165, 1.54) is 173 Å². The van der Waals surface area contributed by atoms with E-state index in [1.54, 1.807) is 0 Å². The summed E-state index contributed by atoms with van der Waals surface area (Å²) in [6.07, 6.45) is 39.1. The quantitative estimate of drug-likeness (QED) is 0.0978. The van der Waals surface area contributed by atoms with E-state index in [9.17, 15) is 5.11 Å². The highest BCUT2D eigenvalue weighted by atomic mass is 16.3. The van der Waals surface area contributed by atoms with Crippen molar-refractivity contribution >= 4 is 0 Å². The lowest BCUT2D eigenvalue weighted by Gasteiger charge is -2.08. The fourth-order valence-corrected chi connectivity index (χ4v) is 5.10. The first-order valence-electron chi connectivity index (χ1n) is 16.0. The maximum atomic E-state index is 12.1. The third kappa shape index (κ3) is 29.9. The summed E-state index contributed by atoms with van der Waals surface area (Å²) < 4.78 is 0. The Morgan fingerprint density at radius 2 is 0.485 bits per heavy atom. The second kappa shape index (κ2) is 30.0. The van der Waals surface area contributed by atoms with Gasteiger partial charge >= 0.3 is 0 Å². The van der Waals surface area contributed by atoms with E-state index in [-0.39, 0.29) is 6.10 Å². The fourth-order valence-electron chi connectivity index (χ4n) is 5.10. The van der Waals surface area contributed by atoms with Gasteiger partial charge in [0.1, 0.15) is 0 Å². The topological polar surface area (TPSA) is 19.9 Å². The smallest absolute Gasteiger partial charge is 0.0930 e. The molecule has 0 rings (SSSR count). The van der Waals surface area contributed by atoms with Gasteiger partial charge in [-0.25, -0.2) is 5.11 Å². The summed E-state index contributed by atoms with van der Waals surface area (Å²) in [5.41, 5.74) is 0. The van der Waals surface area contributed by atoms with E-state index < -0.39 is 0 Å². The van der Waals surface area contributed by atoms with Crippen molar-refractivity contribution < 1.29 is 5.11 Å².